The summed E-state index contributed by atoms with van der Waals surface area (Å²) in [6.07, 6.45) is 0.734. The second-order valence-electron chi connectivity index (χ2n) is 7.69. The lowest BCUT2D eigenvalue weighted by Crippen LogP contribution is -2.52. The fourth-order valence-electron chi connectivity index (χ4n) is 4.15. The van der Waals surface area contributed by atoms with Gasteiger partial charge in [0.05, 0.1) is 12.7 Å². The number of ether oxygens (including phenoxy) is 2. The van der Waals surface area contributed by atoms with E-state index in [9.17, 15) is 9.90 Å². The first-order valence-corrected chi connectivity index (χ1v) is 11.9. The van der Waals surface area contributed by atoms with E-state index in [4.69, 9.17) is 32.7 Å². The molecule has 2 aliphatic rings. The number of carbonyl (C=O) groups is 1. The summed E-state index contributed by atoms with van der Waals surface area (Å²) in [5.41, 5.74) is 1.80. The Bertz CT molecular complexity index is 921. The molecule has 0 spiro atoms. The monoisotopic (exact) mass is 576 g/mol. The quantitative estimate of drug-likeness (QED) is 0.498. The summed E-state index contributed by atoms with van der Waals surface area (Å²) >= 11 is 14.8. The average molecular weight is 577 g/mol. The summed E-state index contributed by atoms with van der Waals surface area (Å²) in [7, 11) is 0. The average Bonchev–Trinajstić information content (AvgIpc) is 3.24. The summed E-state index contributed by atoms with van der Waals surface area (Å²) in [4.78, 5) is 13.7. The van der Waals surface area contributed by atoms with Crippen LogP contribution in [0.3, 0.4) is 0 Å². The number of morpholine rings is 1. The van der Waals surface area contributed by atoms with Gasteiger partial charge in [0.15, 0.2) is 0 Å². The van der Waals surface area contributed by atoms with Gasteiger partial charge in [-0.05, 0) is 65.4 Å². The largest absolute Gasteiger partial charge is 0.489 e. The maximum absolute atomic E-state index is 11.5. The Kier molecular flexibility index (Phi) is 7.61. The number of hydrogen-bond donors (Lipinski definition) is 2. The molecule has 2 aromatic carbocycles. The van der Waals surface area contributed by atoms with E-state index in [0.29, 0.717) is 28.9 Å². The first kappa shape index (κ1) is 23.1. The third-order valence-corrected chi connectivity index (χ3v) is 7.06. The van der Waals surface area contributed by atoms with Crippen molar-refractivity contribution in [2.75, 3.05) is 26.2 Å². The molecule has 0 saturated carbocycles. The fourth-order valence-corrected chi connectivity index (χ4v) is 5.74. The van der Waals surface area contributed by atoms with Gasteiger partial charge >= 0.3 is 5.97 Å². The van der Waals surface area contributed by atoms with E-state index in [1.54, 1.807) is 0 Å². The zero-order chi connectivity index (χ0) is 22.0. The molecule has 9 heteroatoms. The summed E-state index contributed by atoms with van der Waals surface area (Å²) in [6.45, 7) is 3.00. The van der Waals surface area contributed by atoms with Crippen LogP contribution in [0.1, 0.15) is 23.7 Å². The van der Waals surface area contributed by atoms with Gasteiger partial charge in [-0.15, -0.1) is 0 Å². The molecule has 2 unspecified atom stereocenters. The molecule has 0 aromatic heterocycles. The van der Waals surface area contributed by atoms with Crippen LogP contribution in [0.2, 0.25) is 10.0 Å². The highest BCUT2D eigenvalue weighted by atomic mass is 127. The summed E-state index contributed by atoms with van der Waals surface area (Å²) in [5, 5.41) is 13.7. The highest BCUT2D eigenvalue weighted by Crippen LogP contribution is 2.30. The molecule has 4 rings (SSSR count). The van der Waals surface area contributed by atoms with Crippen molar-refractivity contribution < 1.29 is 19.4 Å². The van der Waals surface area contributed by atoms with Crippen LogP contribution in [0, 0.1) is 3.57 Å². The van der Waals surface area contributed by atoms with E-state index < -0.39 is 12.0 Å². The zero-order valence-electron chi connectivity index (χ0n) is 16.7. The Morgan fingerprint density at radius 3 is 2.65 bits per heavy atom. The molecule has 2 fully saturated rings. The predicted molar refractivity (Wildman–Crippen MR) is 128 cm³/mol. The van der Waals surface area contributed by atoms with Crippen LogP contribution < -0.4 is 10.1 Å². The van der Waals surface area contributed by atoms with Gasteiger partial charge in [0, 0.05) is 38.3 Å². The molecule has 2 saturated heterocycles. The van der Waals surface area contributed by atoms with E-state index in [2.05, 4.69) is 32.8 Å². The van der Waals surface area contributed by atoms with Crippen LogP contribution in [0.5, 0.6) is 5.75 Å². The van der Waals surface area contributed by atoms with E-state index >= 15 is 0 Å². The van der Waals surface area contributed by atoms with Crippen molar-refractivity contribution in [1.82, 2.24) is 10.2 Å². The number of hydrogen-bond acceptors (Lipinski definition) is 5. The minimum absolute atomic E-state index is 0.00469. The number of benzene rings is 2. The Morgan fingerprint density at radius 1 is 1.26 bits per heavy atom. The molecule has 2 heterocycles. The van der Waals surface area contributed by atoms with Crippen molar-refractivity contribution in [2.45, 2.75) is 31.2 Å². The van der Waals surface area contributed by atoms with Crippen LogP contribution in [-0.4, -0.2) is 54.3 Å². The lowest BCUT2D eigenvalue weighted by atomic mass is 10.0. The first-order chi connectivity index (χ1) is 14.9. The number of aliphatic carboxylic acids is 1. The molecule has 0 bridgehead atoms. The highest BCUT2D eigenvalue weighted by molar-refractivity contribution is 14.1. The van der Waals surface area contributed by atoms with Gasteiger partial charge < -0.3 is 19.9 Å². The standard InChI is InChI=1S/C22H23Cl2IN2O4/c23-17-9-14(25)10-18(24)16(17)12-31-15-3-1-13(2-4-15)20-11-27(7-8-30-20)19-5-6-26-21(19)22(28)29/h1-4,9-10,19-21,26H,5-8,11-12H2,(H,28,29)/t19?,20?,21-/m0/s1. The van der Waals surface area contributed by atoms with Crippen LogP contribution >= 0.6 is 45.8 Å². The number of halogens is 3. The molecule has 6 nitrogen and oxygen atoms in total. The zero-order valence-corrected chi connectivity index (χ0v) is 20.4. The number of carboxylic acids is 1. The molecular weight excluding hydrogens is 554 g/mol. The highest BCUT2D eigenvalue weighted by Gasteiger charge is 2.38. The summed E-state index contributed by atoms with van der Waals surface area (Å²) in [5.74, 6) is -0.0755. The first-order valence-electron chi connectivity index (χ1n) is 10.1. The Labute approximate surface area is 204 Å². The Morgan fingerprint density at radius 2 is 1.97 bits per heavy atom. The second kappa shape index (κ2) is 10.2. The molecule has 0 amide bonds. The van der Waals surface area contributed by atoms with Crippen LogP contribution in [0.4, 0.5) is 0 Å². The molecule has 166 valence electrons. The van der Waals surface area contributed by atoms with Crippen molar-refractivity contribution >= 4 is 51.8 Å². The van der Waals surface area contributed by atoms with Gasteiger partial charge in [0.1, 0.15) is 18.4 Å². The maximum atomic E-state index is 11.5. The topological polar surface area (TPSA) is 71.0 Å². The van der Waals surface area contributed by atoms with Crippen LogP contribution in [0.25, 0.3) is 0 Å². The number of nitrogens with one attached hydrogen (secondary N) is 1. The molecule has 0 aliphatic carbocycles. The molecule has 2 N–H and O–H groups in total. The Hall–Kier alpha value is -1.10. The summed E-state index contributed by atoms with van der Waals surface area (Å²) in [6, 6.07) is 11.0. The van der Waals surface area contributed by atoms with Crippen molar-refractivity contribution in [3.63, 3.8) is 0 Å². The Balaban J connectivity index is 1.38. The van der Waals surface area contributed by atoms with Crippen molar-refractivity contribution in [2.24, 2.45) is 0 Å². The lowest BCUT2D eigenvalue weighted by Gasteiger charge is -2.38. The van der Waals surface area contributed by atoms with E-state index in [1.165, 1.54) is 0 Å². The minimum Gasteiger partial charge on any atom is -0.489 e. The SMILES string of the molecule is O=C(O)[C@H]1NCCC1N1CCOC(c2ccc(OCc3c(Cl)cc(I)cc3Cl)cc2)C1. The number of nitrogens with zero attached hydrogens (tertiary/aromatic N) is 1. The molecule has 2 aromatic rings. The second-order valence-corrected chi connectivity index (χ2v) is 9.75. The molecule has 0 radical (unpaired) electrons. The van der Waals surface area contributed by atoms with E-state index in [1.807, 2.05) is 36.4 Å². The van der Waals surface area contributed by atoms with Crippen molar-refractivity contribution in [1.29, 1.82) is 0 Å². The molecule has 3 atom stereocenters. The minimum atomic E-state index is -0.791. The smallest absolute Gasteiger partial charge is 0.322 e. The third-order valence-electron chi connectivity index (χ3n) is 5.76. The molecule has 31 heavy (non-hydrogen) atoms. The van der Waals surface area contributed by atoms with E-state index in [0.717, 1.165) is 34.2 Å². The van der Waals surface area contributed by atoms with Crippen LogP contribution in [-0.2, 0) is 16.1 Å². The van der Waals surface area contributed by atoms with Gasteiger partial charge in [-0.25, -0.2) is 0 Å². The number of carboxylic acid groups (broad SMARTS) is 1. The lowest BCUT2D eigenvalue weighted by molar-refractivity contribution is -0.141. The fraction of sp³-hybridized carbons (Fsp3) is 0.409. The van der Waals surface area contributed by atoms with Crippen LogP contribution in [0.15, 0.2) is 36.4 Å². The van der Waals surface area contributed by atoms with Gasteiger partial charge in [-0.1, -0.05) is 35.3 Å². The van der Waals surface area contributed by atoms with Gasteiger partial charge in [-0.3, -0.25) is 9.69 Å². The van der Waals surface area contributed by atoms with E-state index in [-0.39, 0.29) is 18.8 Å². The maximum Gasteiger partial charge on any atom is 0.322 e. The number of rotatable bonds is 6. The van der Waals surface area contributed by atoms with Crippen molar-refractivity contribution in [3.05, 3.63) is 61.1 Å². The summed E-state index contributed by atoms with van der Waals surface area (Å²) < 4.78 is 12.8. The third kappa shape index (κ3) is 5.46. The molecular formula is C22H23Cl2IN2O4. The van der Waals surface area contributed by atoms with Gasteiger partial charge in [0.2, 0.25) is 0 Å². The van der Waals surface area contributed by atoms with Gasteiger partial charge in [-0.2, -0.15) is 0 Å². The predicted octanol–water partition coefficient (Wildman–Crippen LogP) is 4.37. The van der Waals surface area contributed by atoms with Gasteiger partial charge in [0.25, 0.3) is 0 Å². The normalized spacial score (nSPS) is 24.3. The van der Waals surface area contributed by atoms with Crippen molar-refractivity contribution in [3.8, 4) is 5.75 Å². The molecule has 2 aliphatic heterocycles.